The molecule has 0 unspecified atom stereocenters. The number of aryl methyl sites for hydroxylation is 6. The van der Waals surface area contributed by atoms with E-state index in [-0.39, 0.29) is 0 Å². The van der Waals surface area contributed by atoms with Gasteiger partial charge in [-0.3, -0.25) is 0 Å². The monoisotopic (exact) mass is 937 g/mol. The van der Waals surface area contributed by atoms with Crippen molar-refractivity contribution in [1.82, 2.24) is 0 Å². The number of halogens is 2. The van der Waals surface area contributed by atoms with Crippen molar-refractivity contribution in [3.8, 4) is 0 Å². The van der Waals surface area contributed by atoms with Crippen molar-refractivity contribution in [3.05, 3.63) is 93.5 Å². The Balaban J connectivity index is 1.73. The molecule has 7 rings (SSSR count). The predicted octanol–water partition coefficient (Wildman–Crippen LogP) is 13.8. The van der Waals surface area contributed by atoms with Crippen LogP contribution in [0.4, 0.5) is 11.4 Å². The zero-order chi connectivity index (χ0) is 36.7. The number of anilines is 2. The molecule has 1 saturated heterocycles. The van der Waals surface area contributed by atoms with Crippen LogP contribution >= 0.6 is 32.8 Å². The van der Waals surface area contributed by atoms with E-state index in [1.165, 1.54) is 147 Å². The Kier molecular flexibility index (Phi) is 12.0. The van der Waals surface area contributed by atoms with Crippen molar-refractivity contribution < 1.29 is 8.30 Å². The molecule has 3 saturated carbocycles. The van der Waals surface area contributed by atoms with E-state index in [0.29, 0.717) is 0 Å². The molecule has 3 aromatic carbocycles. The van der Waals surface area contributed by atoms with Crippen LogP contribution in [0.2, 0.25) is 0 Å². The third-order valence-corrected chi connectivity index (χ3v) is 62.1. The fraction of sp³-hybridized carbons (Fsp3) is 0.565. The first kappa shape index (κ1) is 39.3. The van der Waals surface area contributed by atoms with Gasteiger partial charge in [-0.05, 0) is 0 Å². The number of rotatable bonds is 7. The number of hydrogen-bond donors (Lipinski definition) is 0. The van der Waals surface area contributed by atoms with E-state index in [4.69, 9.17) is 27.2 Å². The van der Waals surface area contributed by atoms with Crippen LogP contribution in [0.5, 0.6) is 0 Å². The molecule has 4 fully saturated rings. The summed E-state index contributed by atoms with van der Waals surface area (Å²) >= 11 is 10.7. The number of benzene rings is 3. The maximum atomic E-state index is 5.37. The van der Waals surface area contributed by atoms with Crippen LogP contribution in [0.1, 0.15) is 135 Å². The summed E-state index contributed by atoms with van der Waals surface area (Å²) in [6.45, 7) is 16.1. The second-order valence-electron chi connectivity index (χ2n) is 17.1. The molecule has 0 amide bonds. The predicted molar refractivity (Wildman–Crippen MR) is 239 cm³/mol. The molecular formula is C46H66Br2N2PRu. The van der Waals surface area contributed by atoms with Crippen molar-refractivity contribution in [2.45, 2.75) is 155 Å². The van der Waals surface area contributed by atoms with Gasteiger partial charge in [0.25, 0.3) is 0 Å². The minimum atomic E-state index is -4.21. The molecule has 0 atom stereocenters. The van der Waals surface area contributed by atoms with Gasteiger partial charge >= 0.3 is 333 Å². The average molecular weight is 939 g/mol. The molecule has 2 nitrogen and oxygen atoms in total. The summed E-state index contributed by atoms with van der Waals surface area (Å²) in [5.41, 5.74) is 12.9. The normalized spacial score (nSPS) is 21.3. The molecule has 3 aliphatic carbocycles. The van der Waals surface area contributed by atoms with E-state index in [2.05, 4.69) is 111 Å². The summed E-state index contributed by atoms with van der Waals surface area (Å²) in [5, 5.41) is 0. The molecule has 287 valence electrons. The van der Waals surface area contributed by atoms with Gasteiger partial charge < -0.3 is 0 Å². The topological polar surface area (TPSA) is 6.48 Å². The third kappa shape index (κ3) is 6.89. The van der Waals surface area contributed by atoms with Gasteiger partial charge in [0, 0.05) is 0 Å². The molecule has 0 aromatic heterocycles. The van der Waals surface area contributed by atoms with Gasteiger partial charge in [-0.25, -0.2) is 0 Å². The summed E-state index contributed by atoms with van der Waals surface area (Å²) < 4.78 is 4.60. The average Bonchev–Trinajstić information content (AvgIpc) is 3.55. The summed E-state index contributed by atoms with van der Waals surface area (Å²) in [7, 11) is -4.21. The van der Waals surface area contributed by atoms with Crippen LogP contribution < -0.4 is 9.80 Å². The molecule has 1 heterocycles. The zero-order valence-electron chi connectivity index (χ0n) is 33.0. The van der Waals surface area contributed by atoms with Crippen LogP contribution in [0.3, 0.4) is 0 Å². The van der Waals surface area contributed by atoms with Gasteiger partial charge in [-0.2, -0.15) is 0 Å². The van der Waals surface area contributed by atoms with Crippen LogP contribution in [0, 0.1) is 41.5 Å². The van der Waals surface area contributed by atoms with Crippen molar-refractivity contribution in [1.29, 1.82) is 0 Å². The van der Waals surface area contributed by atoms with Gasteiger partial charge in [0.05, 0.1) is 0 Å². The number of hydrogen-bond acceptors (Lipinski definition) is 2. The van der Waals surface area contributed by atoms with Crippen molar-refractivity contribution in [3.63, 3.8) is 0 Å². The Morgan fingerprint density at radius 3 is 1.23 bits per heavy atom. The molecule has 0 N–H and O–H groups in total. The first-order valence-electron chi connectivity index (χ1n) is 20.7. The van der Waals surface area contributed by atoms with E-state index < -0.39 is 13.9 Å². The van der Waals surface area contributed by atoms with Crippen molar-refractivity contribution in [2.24, 2.45) is 0 Å². The summed E-state index contributed by atoms with van der Waals surface area (Å²) in [6, 6.07) is 21.4. The van der Waals surface area contributed by atoms with Crippen LogP contribution in [0.15, 0.2) is 54.6 Å². The van der Waals surface area contributed by atoms with Crippen LogP contribution in [-0.4, -0.2) is 39.0 Å². The van der Waals surface area contributed by atoms with Crippen LogP contribution in [0.25, 0.3) is 0 Å². The molecule has 52 heavy (non-hydrogen) atoms. The van der Waals surface area contributed by atoms with E-state index in [1.807, 2.05) is 0 Å². The molecule has 0 radical (unpaired) electrons. The summed E-state index contributed by atoms with van der Waals surface area (Å²) in [6.07, 6.45) is 21.4. The molecule has 6 heteroatoms. The van der Waals surface area contributed by atoms with E-state index in [1.54, 1.807) is 4.35 Å². The van der Waals surface area contributed by atoms with Crippen molar-refractivity contribution in [2.75, 3.05) is 22.9 Å². The first-order valence-corrected chi connectivity index (χ1v) is 35.2. The molecule has 0 bridgehead atoms. The molecule has 3 aromatic rings. The Hall–Kier alpha value is -0.987. The SMILES string of the molecule is Cc1cc(C)c(N2CCN(c3c(C)cc(C)cc3C)[C]2=[Ru]([Br])([Br])(=[CH]c2ccccc2)[PH](C2CCCCC2)(C2CCCCC2)C2CCCCC2)c(C)c1. The van der Waals surface area contributed by atoms with Gasteiger partial charge in [0.15, 0.2) is 0 Å². The standard InChI is InChI=1S/C21H26N2.C18H33P.C7H6.2BrH.Ru/c1-14-9-16(3)20(17(4)10-14)22-7-8-23(13-22)21-18(5)11-15(2)12-19(21)6;1-4-10-16(11-5-1)19(17-12-6-2-7-13-17)18-14-8-3-9-15-18;1-7-5-3-2-4-6-7;;;/h9-12H,7-8H2,1-6H3;16-18H,1-15H2;1-6H;2*1H;/q;;;;;+1/p-1. The summed E-state index contributed by atoms with van der Waals surface area (Å²) in [5.74, 6) is 0. The van der Waals surface area contributed by atoms with E-state index in [9.17, 15) is 0 Å². The zero-order valence-corrected chi connectivity index (χ0v) is 38.9. The van der Waals surface area contributed by atoms with E-state index >= 15 is 0 Å². The maximum absolute atomic E-state index is 5.37. The quantitative estimate of drug-likeness (QED) is 0.172. The Bertz CT molecular complexity index is 1760. The second kappa shape index (κ2) is 15.9. The fourth-order valence-corrected chi connectivity index (χ4v) is 75.4. The molecule has 1 aliphatic heterocycles. The Labute approximate surface area is 330 Å². The second-order valence-corrected chi connectivity index (χ2v) is 59.5. The fourth-order valence-electron chi connectivity index (χ4n) is 11.9. The van der Waals surface area contributed by atoms with Gasteiger partial charge in [-0.15, -0.1) is 0 Å². The third-order valence-electron chi connectivity index (χ3n) is 13.4. The first-order chi connectivity index (χ1) is 24.9. The Morgan fingerprint density at radius 1 is 0.538 bits per heavy atom. The minimum absolute atomic E-state index is 0.841. The molecule has 4 aliphatic rings. The van der Waals surface area contributed by atoms with Gasteiger partial charge in [0.1, 0.15) is 0 Å². The van der Waals surface area contributed by atoms with Gasteiger partial charge in [0.2, 0.25) is 0 Å². The van der Waals surface area contributed by atoms with Crippen molar-refractivity contribution >= 4 is 53.2 Å². The Morgan fingerprint density at radius 2 is 0.885 bits per heavy atom. The molecule has 0 spiro atoms. The molecular weight excluding hydrogens is 872 g/mol. The number of nitrogens with zero attached hydrogens (tertiary/aromatic N) is 2. The summed E-state index contributed by atoms with van der Waals surface area (Å²) in [4.78, 5) is 5.82. The van der Waals surface area contributed by atoms with E-state index in [0.717, 1.165) is 30.1 Å². The van der Waals surface area contributed by atoms with Crippen LogP contribution in [-0.2, 0) is 8.30 Å². The van der Waals surface area contributed by atoms with Gasteiger partial charge in [-0.1, -0.05) is 0 Å².